The molecule has 0 saturated heterocycles. The SMILES string of the molecule is CCCCC(=O)N=c1sc2c(C)cc(C)cc2n1C. The van der Waals surface area contributed by atoms with Gasteiger partial charge in [-0.1, -0.05) is 30.7 Å². The van der Waals surface area contributed by atoms with Gasteiger partial charge in [0.05, 0.1) is 10.2 Å². The molecule has 102 valence electrons. The van der Waals surface area contributed by atoms with Gasteiger partial charge in [0, 0.05) is 13.5 Å². The summed E-state index contributed by atoms with van der Waals surface area (Å²) < 4.78 is 3.24. The summed E-state index contributed by atoms with van der Waals surface area (Å²) in [7, 11) is 1.98. The predicted octanol–water partition coefficient (Wildman–Crippen LogP) is 3.47. The molecule has 3 nitrogen and oxygen atoms in total. The van der Waals surface area contributed by atoms with Crippen molar-refractivity contribution in [3.05, 3.63) is 28.1 Å². The Balaban J connectivity index is 2.51. The number of rotatable bonds is 3. The Morgan fingerprint density at radius 1 is 1.37 bits per heavy atom. The maximum absolute atomic E-state index is 11.8. The van der Waals surface area contributed by atoms with E-state index < -0.39 is 0 Å². The molecule has 1 amide bonds. The maximum atomic E-state index is 11.8. The number of aromatic nitrogens is 1. The zero-order valence-corrected chi connectivity index (χ0v) is 12.8. The zero-order chi connectivity index (χ0) is 14.0. The number of unbranched alkanes of at least 4 members (excludes halogenated alkanes) is 1. The van der Waals surface area contributed by atoms with Gasteiger partial charge in [-0.2, -0.15) is 4.99 Å². The van der Waals surface area contributed by atoms with Gasteiger partial charge in [0.1, 0.15) is 0 Å². The van der Waals surface area contributed by atoms with Crippen LogP contribution in [0.1, 0.15) is 37.3 Å². The van der Waals surface area contributed by atoms with E-state index in [1.165, 1.54) is 15.8 Å². The molecule has 0 spiro atoms. The number of hydrogen-bond acceptors (Lipinski definition) is 2. The van der Waals surface area contributed by atoms with Crippen LogP contribution in [0.2, 0.25) is 0 Å². The standard InChI is InChI=1S/C15H20N2OS/c1-5-6-7-13(18)16-15-17(4)12-9-10(2)8-11(3)14(12)19-15/h8-9H,5-7H2,1-4H3. The molecule has 0 unspecified atom stereocenters. The third-order valence-corrected chi connectivity index (χ3v) is 4.49. The quantitative estimate of drug-likeness (QED) is 0.845. The number of benzene rings is 1. The fraction of sp³-hybridized carbons (Fsp3) is 0.467. The largest absolute Gasteiger partial charge is 0.319 e. The van der Waals surface area contributed by atoms with Crippen LogP contribution in [0.25, 0.3) is 10.2 Å². The van der Waals surface area contributed by atoms with Gasteiger partial charge in [0.15, 0.2) is 4.80 Å². The van der Waals surface area contributed by atoms with E-state index in [1.54, 1.807) is 11.3 Å². The number of nitrogens with zero attached hydrogens (tertiary/aromatic N) is 2. The van der Waals surface area contributed by atoms with Gasteiger partial charge in [-0.05, 0) is 37.5 Å². The molecule has 19 heavy (non-hydrogen) atoms. The summed E-state index contributed by atoms with van der Waals surface area (Å²) in [5.41, 5.74) is 3.64. The number of carbonyl (C=O) groups excluding carboxylic acids is 1. The minimum absolute atomic E-state index is 0.0154. The first-order valence-electron chi connectivity index (χ1n) is 6.67. The van der Waals surface area contributed by atoms with Crippen LogP contribution >= 0.6 is 11.3 Å². The second-order valence-corrected chi connectivity index (χ2v) is 5.96. The van der Waals surface area contributed by atoms with Gasteiger partial charge in [-0.15, -0.1) is 0 Å². The highest BCUT2D eigenvalue weighted by Gasteiger charge is 2.07. The molecule has 0 aliphatic carbocycles. The summed E-state index contributed by atoms with van der Waals surface area (Å²) in [6, 6.07) is 4.32. The molecule has 0 fully saturated rings. The van der Waals surface area contributed by atoms with E-state index >= 15 is 0 Å². The lowest BCUT2D eigenvalue weighted by Gasteiger charge is -2.00. The van der Waals surface area contributed by atoms with E-state index in [9.17, 15) is 4.79 Å². The topological polar surface area (TPSA) is 34.4 Å². The van der Waals surface area contributed by atoms with E-state index in [0.717, 1.165) is 23.2 Å². The average Bonchev–Trinajstić information content (AvgIpc) is 2.65. The van der Waals surface area contributed by atoms with Crippen molar-refractivity contribution in [1.29, 1.82) is 0 Å². The molecule has 0 atom stereocenters. The molecule has 0 radical (unpaired) electrons. The van der Waals surface area contributed by atoms with Crippen molar-refractivity contribution in [2.24, 2.45) is 12.0 Å². The van der Waals surface area contributed by atoms with Crippen LogP contribution in [0.5, 0.6) is 0 Å². The molecular weight excluding hydrogens is 256 g/mol. The Morgan fingerprint density at radius 2 is 2.11 bits per heavy atom. The number of hydrogen-bond donors (Lipinski definition) is 0. The Kier molecular flexibility index (Phi) is 4.20. The molecule has 1 aromatic carbocycles. The second-order valence-electron chi connectivity index (χ2n) is 4.98. The lowest BCUT2D eigenvalue weighted by molar-refractivity contribution is -0.118. The normalized spacial score (nSPS) is 12.3. The fourth-order valence-electron chi connectivity index (χ4n) is 2.17. The molecular formula is C15H20N2OS. The van der Waals surface area contributed by atoms with Crippen LogP contribution in [-0.2, 0) is 11.8 Å². The highest BCUT2D eigenvalue weighted by atomic mass is 32.1. The Hall–Kier alpha value is -1.42. The first-order chi connectivity index (χ1) is 9.02. The molecule has 0 bridgehead atoms. The van der Waals surface area contributed by atoms with Crippen LogP contribution in [0.4, 0.5) is 0 Å². The van der Waals surface area contributed by atoms with Gasteiger partial charge in [-0.25, -0.2) is 0 Å². The van der Waals surface area contributed by atoms with Crippen LogP contribution in [-0.4, -0.2) is 10.5 Å². The van der Waals surface area contributed by atoms with Crippen LogP contribution in [0, 0.1) is 13.8 Å². The maximum Gasteiger partial charge on any atom is 0.248 e. The molecule has 0 aliphatic heterocycles. The minimum Gasteiger partial charge on any atom is -0.319 e. The molecule has 0 saturated carbocycles. The van der Waals surface area contributed by atoms with Gasteiger partial charge in [0.25, 0.3) is 0 Å². The van der Waals surface area contributed by atoms with E-state index in [0.29, 0.717) is 6.42 Å². The number of aryl methyl sites for hydroxylation is 3. The van der Waals surface area contributed by atoms with E-state index in [-0.39, 0.29) is 5.91 Å². The van der Waals surface area contributed by atoms with Crippen molar-refractivity contribution in [1.82, 2.24) is 4.57 Å². The number of fused-ring (bicyclic) bond motifs is 1. The fourth-order valence-corrected chi connectivity index (χ4v) is 3.25. The van der Waals surface area contributed by atoms with Crippen molar-refractivity contribution < 1.29 is 4.79 Å². The third kappa shape index (κ3) is 2.95. The van der Waals surface area contributed by atoms with Crippen LogP contribution in [0.15, 0.2) is 17.1 Å². The van der Waals surface area contributed by atoms with Crippen molar-refractivity contribution in [2.45, 2.75) is 40.0 Å². The van der Waals surface area contributed by atoms with Gasteiger partial charge < -0.3 is 4.57 Å². The summed E-state index contributed by atoms with van der Waals surface area (Å²) in [6.45, 7) is 6.28. The van der Waals surface area contributed by atoms with E-state index in [2.05, 4.69) is 37.9 Å². The third-order valence-electron chi connectivity index (χ3n) is 3.21. The van der Waals surface area contributed by atoms with Crippen molar-refractivity contribution >= 4 is 27.5 Å². The molecule has 1 aromatic heterocycles. The molecule has 0 aliphatic rings. The molecule has 2 rings (SSSR count). The Morgan fingerprint density at radius 3 is 2.79 bits per heavy atom. The van der Waals surface area contributed by atoms with Gasteiger partial charge in [0.2, 0.25) is 5.91 Å². The number of thiazole rings is 1. The van der Waals surface area contributed by atoms with Crippen molar-refractivity contribution in [3.63, 3.8) is 0 Å². The lowest BCUT2D eigenvalue weighted by atomic mass is 10.1. The van der Waals surface area contributed by atoms with Crippen molar-refractivity contribution in [3.8, 4) is 0 Å². The van der Waals surface area contributed by atoms with Crippen molar-refractivity contribution in [2.75, 3.05) is 0 Å². The lowest BCUT2D eigenvalue weighted by Crippen LogP contribution is -2.13. The van der Waals surface area contributed by atoms with E-state index in [1.807, 2.05) is 11.6 Å². The highest BCUT2D eigenvalue weighted by Crippen LogP contribution is 2.22. The second kappa shape index (κ2) is 5.70. The molecule has 2 aromatic rings. The molecule has 0 N–H and O–H groups in total. The Bertz CT molecular complexity index is 679. The monoisotopic (exact) mass is 276 g/mol. The summed E-state index contributed by atoms with van der Waals surface area (Å²) in [5, 5.41) is 0. The minimum atomic E-state index is -0.0154. The van der Waals surface area contributed by atoms with Gasteiger partial charge in [-0.3, -0.25) is 4.79 Å². The summed E-state index contributed by atoms with van der Waals surface area (Å²) in [6.07, 6.45) is 2.48. The summed E-state index contributed by atoms with van der Waals surface area (Å²) >= 11 is 1.60. The zero-order valence-electron chi connectivity index (χ0n) is 12.0. The first-order valence-corrected chi connectivity index (χ1v) is 7.49. The van der Waals surface area contributed by atoms with Crippen LogP contribution < -0.4 is 4.80 Å². The molecule has 1 heterocycles. The average molecular weight is 276 g/mol. The summed E-state index contributed by atoms with van der Waals surface area (Å²) in [5.74, 6) is -0.0154. The predicted molar refractivity (Wildman–Crippen MR) is 80.4 cm³/mol. The van der Waals surface area contributed by atoms with Crippen LogP contribution in [0.3, 0.4) is 0 Å². The number of amides is 1. The van der Waals surface area contributed by atoms with E-state index in [4.69, 9.17) is 0 Å². The molecule has 4 heteroatoms. The Labute approximate surface area is 117 Å². The first kappa shape index (κ1) is 14.0. The van der Waals surface area contributed by atoms with Gasteiger partial charge >= 0.3 is 0 Å². The summed E-state index contributed by atoms with van der Waals surface area (Å²) in [4.78, 5) is 16.8. The highest BCUT2D eigenvalue weighted by molar-refractivity contribution is 7.16. The smallest absolute Gasteiger partial charge is 0.248 e. The number of carbonyl (C=O) groups is 1.